The summed E-state index contributed by atoms with van der Waals surface area (Å²) in [5.74, 6) is 0.845. The molecule has 0 aromatic heterocycles. The number of nitrogens with one attached hydrogen (secondary N) is 2. The van der Waals surface area contributed by atoms with Gasteiger partial charge in [0.2, 0.25) is 0 Å². The molecule has 1 unspecified atom stereocenters. The fourth-order valence-electron chi connectivity index (χ4n) is 2.54. The SMILES string of the molecule is CCNC(=NCCc1ccc2ccccc2c1)NC(C)COC. The van der Waals surface area contributed by atoms with E-state index in [0.717, 1.165) is 25.5 Å². The molecule has 2 aromatic carbocycles. The lowest BCUT2D eigenvalue weighted by atomic mass is 10.1. The third kappa shape index (κ3) is 5.57. The summed E-state index contributed by atoms with van der Waals surface area (Å²) in [5, 5.41) is 9.19. The van der Waals surface area contributed by atoms with E-state index in [9.17, 15) is 0 Å². The minimum atomic E-state index is 0.235. The van der Waals surface area contributed by atoms with Gasteiger partial charge < -0.3 is 15.4 Å². The first-order valence-electron chi connectivity index (χ1n) is 8.24. The van der Waals surface area contributed by atoms with Crippen LogP contribution in [0.4, 0.5) is 0 Å². The van der Waals surface area contributed by atoms with Gasteiger partial charge in [0.25, 0.3) is 0 Å². The Kier molecular flexibility index (Phi) is 6.88. The molecule has 1 atom stereocenters. The molecule has 0 radical (unpaired) electrons. The van der Waals surface area contributed by atoms with Gasteiger partial charge in [0, 0.05) is 26.2 Å². The van der Waals surface area contributed by atoms with Crippen molar-refractivity contribution in [3.05, 3.63) is 48.0 Å². The van der Waals surface area contributed by atoms with E-state index in [1.54, 1.807) is 7.11 Å². The molecule has 0 heterocycles. The molecule has 0 saturated carbocycles. The molecule has 0 aliphatic carbocycles. The van der Waals surface area contributed by atoms with Crippen LogP contribution in [0.3, 0.4) is 0 Å². The van der Waals surface area contributed by atoms with Crippen LogP contribution in [0.25, 0.3) is 10.8 Å². The summed E-state index contributed by atoms with van der Waals surface area (Å²) in [4.78, 5) is 4.65. The molecule has 2 aromatic rings. The van der Waals surface area contributed by atoms with Gasteiger partial charge in [-0.3, -0.25) is 4.99 Å². The molecule has 23 heavy (non-hydrogen) atoms. The van der Waals surface area contributed by atoms with E-state index >= 15 is 0 Å². The van der Waals surface area contributed by atoms with Crippen molar-refractivity contribution in [2.24, 2.45) is 4.99 Å². The molecular weight excluding hydrogens is 286 g/mol. The zero-order valence-electron chi connectivity index (χ0n) is 14.3. The number of ether oxygens (including phenoxy) is 1. The highest BCUT2D eigenvalue weighted by Crippen LogP contribution is 2.15. The number of fused-ring (bicyclic) bond motifs is 1. The molecular formula is C19H27N3O. The molecule has 0 bridgehead atoms. The number of hydrogen-bond donors (Lipinski definition) is 2. The van der Waals surface area contributed by atoms with E-state index < -0.39 is 0 Å². The van der Waals surface area contributed by atoms with Crippen molar-refractivity contribution in [3.8, 4) is 0 Å². The maximum Gasteiger partial charge on any atom is 0.191 e. The first kappa shape index (κ1) is 17.3. The van der Waals surface area contributed by atoms with E-state index in [1.807, 2.05) is 0 Å². The molecule has 0 fully saturated rings. The monoisotopic (exact) mass is 313 g/mol. The second-order valence-corrected chi connectivity index (χ2v) is 5.69. The van der Waals surface area contributed by atoms with Crippen LogP contribution in [-0.4, -0.2) is 38.8 Å². The first-order valence-corrected chi connectivity index (χ1v) is 8.24. The lowest BCUT2D eigenvalue weighted by Gasteiger charge is -2.17. The Morgan fingerprint density at radius 2 is 1.96 bits per heavy atom. The maximum atomic E-state index is 5.15. The standard InChI is InChI=1S/C19H27N3O/c1-4-20-19(22-15(2)14-23-3)21-12-11-16-9-10-17-7-5-6-8-18(17)13-16/h5-10,13,15H,4,11-12,14H2,1-3H3,(H2,20,21,22). The highest BCUT2D eigenvalue weighted by Gasteiger charge is 2.04. The third-order valence-electron chi connectivity index (χ3n) is 3.63. The summed E-state index contributed by atoms with van der Waals surface area (Å²) in [6, 6.07) is 15.3. The van der Waals surface area contributed by atoms with Gasteiger partial charge in [-0.2, -0.15) is 0 Å². The smallest absolute Gasteiger partial charge is 0.191 e. The maximum absolute atomic E-state index is 5.15. The molecule has 0 spiro atoms. The molecule has 2 N–H and O–H groups in total. The lowest BCUT2D eigenvalue weighted by molar-refractivity contribution is 0.179. The van der Waals surface area contributed by atoms with Crippen LogP contribution < -0.4 is 10.6 Å². The minimum absolute atomic E-state index is 0.235. The zero-order valence-corrected chi connectivity index (χ0v) is 14.3. The van der Waals surface area contributed by atoms with E-state index in [0.29, 0.717) is 6.61 Å². The van der Waals surface area contributed by atoms with Gasteiger partial charge in [0.1, 0.15) is 0 Å². The second kappa shape index (κ2) is 9.16. The molecule has 2 rings (SSSR count). The van der Waals surface area contributed by atoms with Crippen LogP contribution in [0.5, 0.6) is 0 Å². The Hall–Kier alpha value is -2.07. The normalized spacial score (nSPS) is 13.1. The molecule has 0 amide bonds. The number of nitrogens with zero attached hydrogens (tertiary/aromatic N) is 1. The van der Waals surface area contributed by atoms with Crippen LogP contribution in [-0.2, 0) is 11.2 Å². The first-order chi connectivity index (χ1) is 11.2. The van der Waals surface area contributed by atoms with Gasteiger partial charge in [0.05, 0.1) is 6.61 Å². The largest absolute Gasteiger partial charge is 0.383 e. The molecule has 4 nitrogen and oxygen atoms in total. The Balaban J connectivity index is 1.95. The summed E-state index contributed by atoms with van der Waals surface area (Å²) >= 11 is 0. The number of hydrogen-bond acceptors (Lipinski definition) is 2. The average molecular weight is 313 g/mol. The summed E-state index contributed by atoms with van der Waals surface area (Å²) in [7, 11) is 1.71. The topological polar surface area (TPSA) is 45.7 Å². The number of guanidine groups is 1. The van der Waals surface area contributed by atoms with Crippen molar-refractivity contribution in [3.63, 3.8) is 0 Å². The van der Waals surface area contributed by atoms with Crippen molar-refractivity contribution in [2.45, 2.75) is 26.3 Å². The van der Waals surface area contributed by atoms with Gasteiger partial charge in [-0.15, -0.1) is 0 Å². The number of rotatable bonds is 7. The van der Waals surface area contributed by atoms with Crippen LogP contribution in [0.1, 0.15) is 19.4 Å². The van der Waals surface area contributed by atoms with Crippen molar-refractivity contribution >= 4 is 16.7 Å². The third-order valence-corrected chi connectivity index (χ3v) is 3.63. The fourth-order valence-corrected chi connectivity index (χ4v) is 2.54. The molecule has 4 heteroatoms. The van der Waals surface area contributed by atoms with E-state index in [4.69, 9.17) is 4.74 Å². The minimum Gasteiger partial charge on any atom is -0.383 e. The number of benzene rings is 2. The van der Waals surface area contributed by atoms with Crippen molar-refractivity contribution in [2.75, 3.05) is 26.8 Å². The summed E-state index contributed by atoms with van der Waals surface area (Å²) in [6.07, 6.45) is 0.931. The van der Waals surface area contributed by atoms with Gasteiger partial charge in [-0.1, -0.05) is 42.5 Å². The number of methoxy groups -OCH3 is 1. The summed E-state index contributed by atoms with van der Waals surface area (Å²) in [6.45, 7) is 6.42. The van der Waals surface area contributed by atoms with Crippen LogP contribution in [0, 0.1) is 0 Å². The molecule has 0 aliphatic heterocycles. The van der Waals surface area contributed by atoms with E-state index in [2.05, 4.69) is 71.9 Å². The van der Waals surface area contributed by atoms with Gasteiger partial charge >= 0.3 is 0 Å². The molecule has 0 saturated heterocycles. The van der Waals surface area contributed by atoms with E-state index in [1.165, 1.54) is 16.3 Å². The van der Waals surface area contributed by atoms with Crippen molar-refractivity contribution in [1.82, 2.24) is 10.6 Å². The Bertz CT molecular complexity index is 639. The van der Waals surface area contributed by atoms with Crippen molar-refractivity contribution < 1.29 is 4.74 Å². The van der Waals surface area contributed by atoms with Crippen molar-refractivity contribution in [1.29, 1.82) is 0 Å². The zero-order chi connectivity index (χ0) is 16.5. The van der Waals surface area contributed by atoms with Gasteiger partial charge in [-0.05, 0) is 36.6 Å². The van der Waals surface area contributed by atoms with Crippen LogP contribution in [0.2, 0.25) is 0 Å². The Morgan fingerprint density at radius 3 is 2.70 bits per heavy atom. The Morgan fingerprint density at radius 1 is 1.17 bits per heavy atom. The molecule has 0 aliphatic rings. The predicted molar refractivity (Wildman–Crippen MR) is 98.1 cm³/mol. The fraction of sp³-hybridized carbons (Fsp3) is 0.421. The van der Waals surface area contributed by atoms with E-state index in [-0.39, 0.29) is 6.04 Å². The van der Waals surface area contributed by atoms with Gasteiger partial charge in [0.15, 0.2) is 5.96 Å². The number of aliphatic imine (C=N–C) groups is 1. The van der Waals surface area contributed by atoms with Crippen LogP contribution >= 0.6 is 0 Å². The quantitative estimate of drug-likeness (QED) is 0.610. The highest BCUT2D eigenvalue weighted by atomic mass is 16.5. The second-order valence-electron chi connectivity index (χ2n) is 5.69. The predicted octanol–water partition coefficient (Wildman–Crippen LogP) is 2.97. The Labute approximate surface area is 139 Å². The van der Waals surface area contributed by atoms with Crippen LogP contribution in [0.15, 0.2) is 47.5 Å². The summed E-state index contributed by atoms with van der Waals surface area (Å²) < 4.78 is 5.15. The van der Waals surface area contributed by atoms with Gasteiger partial charge in [-0.25, -0.2) is 0 Å². The lowest BCUT2D eigenvalue weighted by Crippen LogP contribution is -2.44. The molecule has 124 valence electrons. The average Bonchev–Trinajstić information content (AvgIpc) is 2.55. The highest BCUT2D eigenvalue weighted by molar-refractivity contribution is 5.83. The summed E-state index contributed by atoms with van der Waals surface area (Å²) in [5.41, 5.74) is 1.31.